The molecule has 6 heteroatoms. The van der Waals surface area contributed by atoms with Crippen LogP contribution in [0, 0.1) is 11.8 Å². The van der Waals surface area contributed by atoms with Crippen LogP contribution in [0.15, 0.2) is 97.1 Å². The van der Waals surface area contributed by atoms with E-state index in [1.807, 2.05) is 11.8 Å². The second-order valence-corrected chi connectivity index (χ2v) is 15.2. The van der Waals surface area contributed by atoms with E-state index in [1.54, 1.807) is 0 Å². The van der Waals surface area contributed by atoms with Crippen LogP contribution < -0.4 is 5.32 Å². The molecule has 0 radical (unpaired) electrons. The predicted molar refractivity (Wildman–Crippen MR) is 210 cm³/mol. The van der Waals surface area contributed by atoms with Crippen molar-refractivity contribution < 1.29 is 9.53 Å². The second-order valence-electron chi connectivity index (χ2n) is 13.5. The highest BCUT2D eigenvalue weighted by Gasteiger charge is 2.34. The molecule has 2 atom stereocenters. The largest absolute Gasteiger partial charge is 0.450 e. The minimum Gasteiger partial charge on any atom is -0.450 e. The lowest BCUT2D eigenvalue weighted by molar-refractivity contribution is 0.0901. The quantitative estimate of drug-likeness (QED) is 0.225. The Bertz CT molecular complexity index is 1850. The van der Waals surface area contributed by atoms with E-state index < -0.39 is 0 Å². The molecule has 4 aromatic rings. The highest BCUT2D eigenvalue weighted by molar-refractivity contribution is 9.15. The number of halogens is 2. The van der Waals surface area contributed by atoms with E-state index in [2.05, 4.69) is 146 Å². The summed E-state index contributed by atoms with van der Waals surface area (Å²) in [5.41, 5.74) is 11.0. The van der Waals surface area contributed by atoms with E-state index >= 15 is 0 Å². The molecule has 252 valence electrons. The van der Waals surface area contributed by atoms with Gasteiger partial charge in [-0.1, -0.05) is 129 Å². The van der Waals surface area contributed by atoms with Crippen molar-refractivity contribution in [3.8, 4) is 0 Å². The van der Waals surface area contributed by atoms with Crippen molar-refractivity contribution in [3.05, 3.63) is 142 Å². The summed E-state index contributed by atoms with van der Waals surface area (Å²) >= 11 is 7.60. The van der Waals surface area contributed by atoms with Gasteiger partial charge in [0, 0.05) is 33.9 Å². The van der Waals surface area contributed by atoms with E-state index in [1.165, 1.54) is 61.8 Å². The van der Waals surface area contributed by atoms with Gasteiger partial charge in [0.25, 0.3) is 0 Å². The first-order valence-corrected chi connectivity index (χ1v) is 19.3. The van der Waals surface area contributed by atoms with Gasteiger partial charge in [0.05, 0.1) is 6.61 Å². The summed E-state index contributed by atoms with van der Waals surface area (Å²) in [6.07, 6.45) is 8.84. The van der Waals surface area contributed by atoms with E-state index in [-0.39, 0.29) is 6.09 Å². The van der Waals surface area contributed by atoms with E-state index in [0.717, 1.165) is 49.4 Å². The van der Waals surface area contributed by atoms with Crippen LogP contribution in [0.5, 0.6) is 0 Å². The lowest BCUT2D eigenvalue weighted by atomic mass is 9.74. The zero-order valence-electron chi connectivity index (χ0n) is 28.1. The maximum atomic E-state index is 12.1. The van der Waals surface area contributed by atoms with E-state index in [0.29, 0.717) is 24.4 Å². The fourth-order valence-electron chi connectivity index (χ4n) is 8.41. The summed E-state index contributed by atoms with van der Waals surface area (Å²) in [6.45, 7) is 6.09. The van der Waals surface area contributed by atoms with Gasteiger partial charge in [-0.2, -0.15) is 0 Å². The van der Waals surface area contributed by atoms with Gasteiger partial charge in [-0.3, -0.25) is 0 Å². The molecule has 0 aromatic heterocycles. The monoisotopic (exact) mass is 778 g/mol. The molecule has 1 amide bonds. The first kappa shape index (κ1) is 34.0. The Morgan fingerprint density at radius 2 is 1.08 bits per heavy atom. The Balaban J connectivity index is 0.000000157. The maximum absolute atomic E-state index is 12.1. The topological polar surface area (TPSA) is 41.6 Å². The number of benzene rings is 4. The molecular weight excluding hydrogens is 736 g/mol. The predicted octanol–water partition coefficient (Wildman–Crippen LogP) is 10.9. The number of piperidine rings is 2. The van der Waals surface area contributed by atoms with Gasteiger partial charge in [-0.05, 0) is 114 Å². The average Bonchev–Trinajstić information content (AvgIpc) is 3.35. The fourth-order valence-corrected chi connectivity index (χ4v) is 9.63. The number of carbonyl (C=O) groups excluding carboxylic acids is 1. The lowest BCUT2D eigenvalue weighted by Gasteiger charge is -2.36. The van der Waals surface area contributed by atoms with Crippen LogP contribution in [-0.4, -0.2) is 43.8 Å². The van der Waals surface area contributed by atoms with Crippen LogP contribution in [0.1, 0.15) is 89.0 Å². The first-order valence-electron chi connectivity index (χ1n) is 17.8. The third-order valence-electron chi connectivity index (χ3n) is 10.7. The molecule has 2 fully saturated rings. The van der Waals surface area contributed by atoms with Crippen molar-refractivity contribution in [2.75, 3.05) is 32.8 Å². The van der Waals surface area contributed by atoms with Gasteiger partial charge in [0.2, 0.25) is 0 Å². The molecule has 4 nitrogen and oxygen atoms in total. The summed E-state index contributed by atoms with van der Waals surface area (Å²) in [4.78, 5) is 13.9. The highest BCUT2D eigenvalue weighted by atomic mass is 79.9. The molecule has 8 rings (SSSR count). The zero-order chi connectivity index (χ0) is 33.7. The third-order valence-corrected chi connectivity index (χ3v) is 12.0. The number of nitrogens with zero attached hydrogens (tertiary/aromatic N) is 1. The van der Waals surface area contributed by atoms with E-state index in [4.69, 9.17) is 4.74 Å². The van der Waals surface area contributed by atoms with Crippen molar-refractivity contribution in [1.29, 1.82) is 0 Å². The normalized spacial score (nSPS) is 20.4. The Labute approximate surface area is 307 Å². The Hall–Kier alpha value is -3.45. The van der Waals surface area contributed by atoms with Crippen LogP contribution in [-0.2, 0) is 4.74 Å². The Morgan fingerprint density at radius 3 is 1.57 bits per heavy atom. The fraction of sp³-hybridized carbons (Fsp3) is 0.326. The van der Waals surface area contributed by atoms with Crippen molar-refractivity contribution in [3.63, 3.8) is 0 Å². The van der Waals surface area contributed by atoms with Gasteiger partial charge in [0.15, 0.2) is 0 Å². The minimum absolute atomic E-state index is 0.179. The third kappa shape index (κ3) is 7.24. The molecule has 49 heavy (non-hydrogen) atoms. The van der Waals surface area contributed by atoms with Crippen LogP contribution in [0.2, 0.25) is 0 Å². The molecule has 2 unspecified atom stereocenters. The number of nitrogens with one attached hydrogen (secondary N) is 1. The maximum Gasteiger partial charge on any atom is 0.409 e. The minimum atomic E-state index is -0.179. The molecule has 2 heterocycles. The number of ether oxygens (including phenoxy) is 1. The van der Waals surface area contributed by atoms with Crippen molar-refractivity contribution in [1.82, 2.24) is 10.2 Å². The summed E-state index contributed by atoms with van der Waals surface area (Å²) in [6, 6.07) is 35.2. The number of carbonyl (C=O) groups is 1. The van der Waals surface area contributed by atoms with Gasteiger partial charge in [-0.25, -0.2) is 4.79 Å². The molecule has 2 aliphatic carbocycles. The Morgan fingerprint density at radius 1 is 0.653 bits per heavy atom. The standard InChI is InChI=1S/C23H24BrNO2.C20H20BrN/c1-2-27-23(26)25-13-11-16(12-14-25)22-18-8-4-3-7-17(18)15-21(24)19-9-5-6-10-20(19)22;21-19-13-15-5-1-2-6-16(15)20(14-9-11-22-12-10-14)18-8-4-3-7-17(18)19/h3-10,15-16,22H,2,11-14H2,1H3;1-8,13-14,20,22H,9-12H2. The zero-order valence-corrected chi connectivity index (χ0v) is 31.3. The summed E-state index contributed by atoms with van der Waals surface area (Å²) in [5.74, 6) is 2.06. The van der Waals surface area contributed by atoms with Crippen LogP contribution in [0.25, 0.3) is 21.1 Å². The van der Waals surface area contributed by atoms with Gasteiger partial charge in [0.1, 0.15) is 0 Å². The smallest absolute Gasteiger partial charge is 0.409 e. The lowest BCUT2D eigenvalue weighted by Crippen LogP contribution is -2.40. The number of amides is 1. The SMILES string of the molecule is BrC1=Cc2ccccc2C(C2CCNCC2)c2ccccc21.CCOC(=O)N1CCC(C2c3ccccc3C=C(Br)c3ccccc32)CC1. The van der Waals surface area contributed by atoms with Gasteiger partial charge < -0.3 is 15.0 Å². The van der Waals surface area contributed by atoms with Crippen LogP contribution in [0.3, 0.4) is 0 Å². The van der Waals surface area contributed by atoms with Gasteiger partial charge in [-0.15, -0.1) is 0 Å². The molecular formula is C43H44Br2N2O2. The molecule has 4 aliphatic rings. The number of likely N-dealkylation sites (tertiary alicyclic amines) is 1. The summed E-state index contributed by atoms with van der Waals surface area (Å²) in [5, 5.41) is 3.50. The van der Waals surface area contributed by atoms with Crippen molar-refractivity contribution >= 4 is 59.1 Å². The van der Waals surface area contributed by atoms with Crippen LogP contribution in [0.4, 0.5) is 4.79 Å². The Kier molecular flexibility index (Phi) is 10.8. The summed E-state index contributed by atoms with van der Waals surface area (Å²) < 4.78 is 7.52. The molecule has 1 N–H and O–H groups in total. The number of rotatable bonds is 3. The molecule has 4 aromatic carbocycles. The number of hydrogen-bond donors (Lipinski definition) is 1. The first-order chi connectivity index (χ1) is 24.0. The van der Waals surface area contributed by atoms with Gasteiger partial charge >= 0.3 is 6.09 Å². The van der Waals surface area contributed by atoms with Crippen molar-refractivity contribution in [2.45, 2.75) is 44.4 Å². The molecule has 0 bridgehead atoms. The molecule has 0 spiro atoms. The van der Waals surface area contributed by atoms with Crippen molar-refractivity contribution in [2.24, 2.45) is 11.8 Å². The van der Waals surface area contributed by atoms with E-state index in [9.17, 15) is 4.79 Å². The highest BCUT2D eigenvalue weighted by Crippen LogP contribution is 2.47. The second kappa shape index (κ2) is 15.6. The number of hydrogen-bond acceptors (Lipinski definition) is 3. The number of fused-ring (bicyclic) bond motifs is 4. The molecule has 2 aliphatic heterocycles. The summed E-state index contributed by atoms with van der Waals surface area (Å²) in [7, 11) is 0. The molecule has 0 saturated carbocycles. The molecule has 2 saturated heterocycles. The van der Waals surface area contributed by atoms with Crippen LogP contribution >= 0.6 is 31.9 Å². The average molecular weight is 781 g/mol.